The van der Waals surface area contributed by atoms with Gasteiger partial charge in [-0.1, -0.05) is 48.9 Å². The van der Waals surface area contributed by atoms with E-state index in [-0.39, 0.29) is 17.0 Å². The van der Waals surface area contributed by atoms with Crippen molar-refractivity contribution in [1.82, 2.24) is 5.32 Å². The zero-order valence-electron chi connectivity index (χ0n) is 18.5. The predicted octanol–water partition coefficient (Wildman–Crippen LogP) is 3.77. The molecule has 0 saturated carbocycles. The Morgan fingerprint density at radius 1 is 0.939 bits per heavy atom. The Bertz CT molecular complexity index is 1250. The van der Waals surface area contributed by atoms with Crippen molar-refractivity contribution in [2.75, 3.05) is 10.8 Å². The van der Waals surface area contributed by atoms with Gasteiger partial charge in [-0.2, -0.15) is 0 Å². The van der Waals surface area contributed by atoms with Crippen LogP contribution >= 0.6 is 0 Å². The van der Waals surface area contributed by atoms with Crippen molar-refractivity contribution in [3.8, 4) is 0 Å². The fourth-order valence-corrected chi connectivity index (χ4v) is 4.70. The van der Waals surface area contributed by atoms with Crippen molar-refractivity contribution < 1.29 is 23.1 Å². The van der Waals surface area contributed by atoms with Crippen LogP contribution in [-0.2, 0) is 27.8 Å². The number of carboxylic acid groups (broad SMARTS) is 1. The zero-order valence-corrected chi connectivity index (χ0v) is 19.3. The summed E-state index contributed by atoms with van der Waals surface area (Å²) in [5.74, 6) is -1.57. The lowest BCUT2D eigenvalue weighted by Crippen LogP contribution is -2.40. The zero-order chi connectivity index (χ0) is 24.0. The molecule has 1 amide bonds. The molecule has 172 valence electrons. The number of hydrogen-bond acceptors (Lipinski definition) is 4. The molecule has 0 aliphatic carbocycles. The smallest absolute Gasteiger partial charge is 0.335 e. The summed E-state index contributed by atoms with van der Waals surface area (Å²) in [6, 6.07) is 19.8. The number of hydrogen-bond donors (Lipinski definition) is 2. The molecule has 3 aromatic rings. The van der Waals surface area contributed by atoms with Gasteiger partial charge in [-0.25, -0.2) is 13.2 Å². The first kappa shape index (κ1) is 24.0. The Balaban J connectivity index is 1.86. The lowest BCUT2D eigenvalue weighted by atomic mass is 10.1. The number of aromatic carboxylic acids is 1. The van der Waals surface area contributed by atoms with Crippen LogP contribution in [-0.4, -0.2) is 31.9 Å². The molecule has 0 saturated heterocycles. The van der Waals surface area contributed by atoms with Gasteiger partial charge in [-0.3, -0.25) is 9.10 Å². The molecule has 0 unspecified atom stereocenters. The Hall–Kier alpha value is -3.65. The van der Waals surface area contributed by atoms with E-state index < -0.39 is 28.4 Å². The third kappa shape index (κ3) is 5.98. The third-order valence-corrected chi connectivity index (χ3v) is 6.95. The normalized spacial score (nSPS) is 11.1. The molecule has 0 aliphatic heterocycles. The number of nitrogens with zero attached hydrogens (tertiary/aromatic N) is 1. The SMILES string of the molecule is CCc1cccc(N(CC(=O)NCc2cccc(C(=O)O)c2)S(=O)(=O)c2ccc(C)cc2)c1. The minimum absolute atomic E-state index is 0.0768. The van der Waals surface area contributed by atoms with Crippen LogP contribution in [0.15, 0.2) is 77.7 Å². The lowest BCUT2D eigenvalue weighted by molar-refractivity contribution is -0.119. The largest absolute Gasteiger partial charge is 0.478 e. The molecule has 0 atom stereocenters. The molecule has 2 N–H and O–H groups in total. The molecule has 0 spiro atoms. The quantitative estimate of drug-likeness (QED) is 0.500. The van der Waals surface area contributed by atoms with Crippen LogP contribution in [0.5, 0.6) is 0 Å². The van der Waals surface area contributed by atoms with E-state index in [4.69, 9.17) is 5.11 Å². The van der Waals surface area contributed by atoms with Crippen LogP contribution < -0.4 is 9.62 Å². The topological polar surface area (TPSA) is 104 Å². The van der Waals surface area contributed by atoms with Gasteiger partial charge >= 0.3 is 5.97 Å². The number of carbonyl (C=O) groups excluding carboxylic acids is 1. The average molecular weight is 467 g/mol. The van der Waals surface area contributed by atoms with Gasteiger partial charge in [-0.15, -0.1) is 0 Å². The van der Waals surface area contributed by atoms with Crippen LogP contribution in [0.2, 0.25) is 0 Å². The summed E-state index contributed by atoms with van der Waals surface area (Å²) >= 11 is 0. The monoisotopic (exact) mass is 466 g/mol. The number of carboxylic acids is 1. The molecule has 0 aromatic heterocycles. The first-order chi connectivity index (χ1) is 15.7. The number of carbonyl (C=O) groups is 2. The van der Waals surface area contributed by atoms with Crippen molar-refractivity contribution in [3.63, 3.8) is 0 Å². The molecule has 8 heteroatoms. The van der Waals surface area contributed by atoms with Gasteiger partial charge in [0.25, 0.3) is 10.0 Å². The van der Waals surface area contributed by atoms with Gasteiger partial charge in [-0.05, 0) is 60.9 Å². The highest BCUT2D eigenvalue weighted by Gasteiger charge is 2.27. The van der Waals surface area contributed by atoms with E-state index in [1.54, 1.807) is 42.5 Å². The van der Waals surface area contributed by atoms with Crippen LogP contribution in [0.1, 0.15) is 34.0 Å². The van der Waals surface area contributed by atoms with Crippen molar-refractivity contribution in [2.45, 2.75) is 31.7 Å². The van der Waals surface area contributed by atoms with E-state index in [1.165, 1.54) is 24.3 Å². The molecule has 0 radical (unpaired) electrons. The molecule has 3 aromatic carbocycles. The molecular formula is C25H26N2O5S. The summed E-state index contributed by atoms with van der Waals surface area (Å²) in [5.41, 5.74) is 2.99. The number of rotatable bonds is 9. The second-order valence-electron chi connectivity index (χ2n) is 7.63. The highest BCUT2D eigenvalue weighted by Crippen LogP contribution is 2.25. The highest BCUT2D eigenvalue weighted by molar-refractivity contribution is 7.92. The summed E-state index contributed by atoms with van der Waals surface area (Å²) in [7, 11) is -4.00. The van der Waals surface area contributed by atoms with E-state index in [1.807, 2.05) is 19.9 Å². The van der Waals surface area contributed by atoms with Gasteiger partial charge in [0.2, 0.25) is 5.91 Å². The van der Waals surface area contributed by atoms with E-state index in [0.29, 0.717) is 11.3 Å². The minimum atomic E-state index is -4.00. The van der Waals surface area contributed by atoms with Gasteiger partial charge in [0.15, 0.2) is 0 Å². The van der Waals surface area contributed by atoms with Gasteiger partial charge < -0.3 is 10.4 Å². The predicted molar refractivity (Wildman–Crippen MR) is 127 cm³/mol. The lowest BCUT2D eigenvalue weighted by Gasteiger charge is -2.24. The Kier molecular flexibility index (Phi) is 7.50. The maximum Gasteiger partial charge on any atom is 0.335 e. The maximum absolute atomic E-state index is 13.5. The first-order valence-electron chi connectivity index (χ1n) is 10.5. The fourth-order valence-electron chi connectivity index (χ4n) is 3.29. The van der Waals surface area contributed by atoms with Crippen LogP contribution in [0.3, 0.4) is 0 Å². The van der Waals surface area contributed by atoms with Crippen molar-refractivity contribution in [2.24, 2.45) is 0 Å². The standard InChI is InChI=1S/C25H26N2O5S/c1-3-19-6-5-9-22(15-19)27(33(31,32)23-12-10-18(2)11-13-23)17-24(28)26-16-20-7-4-8-21(14-20)25(29)30/h4-15H,3,16-17H2,1-2H3,(H,26,28)(H,29,30). The van der Waals surface area contributed by atoms with Gasteiger partial charge in [0.05, 0.1) is 16.1 Å². The van der Waals surface area contributed by atoms with E-state index in [2.05, 4.69) is 5.32 Å². The van der Waals surface area contributed by atoms with Crippen molar-refractivity contribution in [3.05, 3.63) is 95.1 Å². The number of sulfonamides is 1. The Labute approximate surface area is 193 Å². The molecule has 0 aliphatic rings. The second kappa shape index (κ2) is 10.3. The van der Waals surface area contributed by atoms with E-state index in [0.717, 1.165) is 21.9 Å². The number of benzene rings is 3. The average Bonchev–Trinajstić information content (AvgIpc) is 2.81. The molecule has 3 rings (SSSR count). The molecule has 0 heterocycles. The molecule has 0 bridgehead atoms. The molecule has 7 nitrogen and oxygen atoms in total. The van der Waals surface area contributed by atoms with Crippen molar-refractivity contribution >= 4 is 27.6 Å². The Morgan fingerprint density at radius 2 is 1.61 bits per heavy atom. The molecular weight excluding hydrogens is 440 g/mol. The fraction of sp³-hybridized carbons (Fsp3) is 0.200. The number of aryl methyl sites for hydroxylation is 2. The number of amides is 1. The van der Waals surface area contributed by atoms with E-state index >= 15 is 0 Å². The first-order valence-corrected chi connectivity index (χ1v) is 11.9. The Morgan fingerprint density at radius 3 is 2.27 bits per heavy atom. The summed E-state index contributed by atoms with van der Waals surface area (Å²) in [6.07, 6.45) is 0.721. The van der Waals surface area contributed by atoms with Crippen LogP contribution in [0, 0.1) is 6.92 Å². The maximum atomic E-state index is 13.5. The van der Waals surface area contributed by atoms with Gasteiger partial charge in [0.1, 0.15) is 6.54 Å². The molecule has 33 heavy (non-hydrogen) atoms. The summed E-state index contributed by atoms with van der Waals surface area (Å²) in [5, 5.41) is 11.8. The van der Waals surface area contributed by atoms with E-state index in [9.17, 15) is 18.0 Å². The van der Waals surface area contributed by atoms with Crippen molar-refractivity contribution in [1.29, 1.82) is 0 Å². The highest BCUT2D eigenvalue weighted by atomic mass is 32.2. The molecule has 0 fully saturated rings. The number of anilines is 1. The van der Waals surface area contributed by atoms with Crippen LogP contribution in [0.25, 0.3) is 0 Å². The van der Waals surface area contributed by atoms with Gasteiger partial charge in [0, 0.05) is 6.54 Å². The minimum Gasteiger partial charge on any atom is -0.478 e. The van der Waals surface area contributed by atoms with Crippen LogP contribution in [0.4, 0.5) is 5.69 Å². The summed E-state index contributed by atoms with van der Waals surface area (Å²) < 4.78 is 28.0. The number of nitrogens with one attached hydrogen (secondary N) is 1. The second-order valence-corrected chi connectivity index (χ2v) is 9.49. The summed E-state index contributed by atoms with van der Waals surface area (Å²) in [4.78, 5) is 24.0. The summed E-state index contributed by atoms with van der Waals surface area (Å²) in [6.45, 7) is 3.50. The third-order valence-electron chi connectivity index (χ3n) is 5.17.